The van der Waals surface area contributed by atoms with E-state index in [1.165, 1.54) is 18.7 Å². The van der Waals surface area contributed by atoms with Crippen LogP contribution in [0.5, 0.6) is 11.5 Å². The summed E-state index contributed by atoms with van der Waals surface area (Å²) >= 11 is 0. The number of benzene rings is 2. The zero-order valence-corrected chi connectivity index (χ0v) is 16.3. The fourth-order valence-corrected chi connectivity index (χ4v) is 2.99. The molecule has 0 fully saturated rings. The molecule has 0 aliphatic carbocycles. The molecular weight excluding hydrogens is 366 g/mol. The molecule has 0 saturated carbocycles. The highest BCUT2D eigenvalue weighted by atomic mass is 19.3. The standard InChI is InChI=1S/C21H26F2N2O3/c1-14(2)20(16-7-5-4-6-8-16)25-13-19(26)24-12-15-9-10-17(28-21(22)23)18(11-15)27-3/h4-11,14,20-21,25H,12-13H2,1-3H3,(H,24,26)/p+1/t20-/m1/s1. The molecule has 0 radical (unpaired) electrons. The second-order valence-corrected chi connectivity index (χ2v) is 6.76. The lowest BCUT2D eigenvalue weighted by Gasteiger charge is -2.19. The first-order valence-electron chi connectivity index (χ1n) is 9.17. The van der Waals surface area contributed by atoms with Gasteiger partial charge in [-0.3, -0.25) is 4.79 Å². The first-order chi connectivity index (χ1) is 13.4. The van der Waals surface area contributed by atoms with Gasteiger partial charge in [0.1, 0.15) is 6.04 Å². The highest BCUT2D eigenvalue weighted by molar-refractivity contribution is 5.76. The lowest BCUT2D eigenvalue weighted by molar-refractivity contribution is -0.692. The number of carbonyl (C=O) groups excluding carboxylic acids is 1. The molecule has 5 nitrogen and oxygen atoms in total. The van der Waals surface area contributed by atoms with E-state index >= 15 is 0 Å². The van der Waals surface area contributed by atoms with Crippen molar-refractivity contribution in [3.8, 4) is 11.5 Å². The number of ether oxygens (including phenoxy) is 2. The summed E-state index contributed by atoms with van der Waals surface area (Å²) in [6.07, 6.45) is 0. The Morgan fingerprint density at radius 2 is 1.82 bits per heavy atom. The lowest BCUT2D eigenvalue weighted by atomic mass is 9.96. The van der Waals surface area contributed by atoms with Crippen LogP contribution in [-0.2, 0) is 11.3 Å². The van der Waals surface area contributed by atoms with Crippen LogP contribution in [0.3, 0.4) is 0 Å². The van der Waals surface area contributed by atoms with E-state index in [0.29, 0.717) is 12.5 Å². The minimum absolute atomic E-state index is 0.0384. The summed E-state index contributed by atoms with van der Waals surface area (Å²) in [5, 5.41) is 4.86. The predicted octanol–water partition coefficient (Wildman–Crippen LogP) is 2.87. The van der Waals surface area contributed by atoms with Crippen molar-refractivity contribution in [2.45, 2.75) is 33.0 Å². The maximum absolute atomic E-state index is 12.4. The summed E-state index contributed by atoms with van der Waals surface area (Å²) in [5.74, 6) is 0.432. The number of hydrogen-bond donors (Lipinski definition) is 2. The summed E-state index contributed by atoms with van der Waals surface area (Å²) in [6.45, 7) is 1.90. The van der Waals surface area contributed by atoms with Crippen molar-refractivity contribution in [2.24, 2.45) is 5.92 Å². The van der Waals surface area contributed by atoms with Crippen molar-refractivity contribution in [1.82, 2.24) is 5.32 Å². The van der Waals surface area contributed by atoms with Gasteiger partial charge in [0.15, 0.2) is 18.0 Å². The molecule has 0 aliphatic heterocycles. The van der Waals surface area contributed by atoms with Crippen LogP contribution in [-0.4, -0.2) is 26.2 Å². The number of alkyl halides is 2. The van der Waals surface area contributed by atoms with Crippen LogP contribution in [0.15, 0.2) is 48.5 Å². The summed E-state index contributed by atoms with van der Waals surface area (Å²) in [4.78, 5) is 12.2. The number of methoxy groups -OCH3 is 1. The summed E-state index contributed by atoms with van der Waals surface area (Å²) in [6, 6.07) is 14.9. The van der Waals surface area contributed by atoms with Gasteiger partial charge in [-0.25, -0.2) is 0 Å². The third-order valence-electron chi connectivity index (χ3n) is 4.39. The third kappa shape index (κ3) is 6.49. The molecule has 0 spiro atoms. The quantitative estimate of drug-likeness (QED) is 0.652. The first-order valence-corrected chi connectivity index (χ1v) is 9.17. The van der Waals surface area contributed by atoms with Crippen molar-refractivity contribution < 1.29 is 28.4 Å². The molecule has 1 amide bonds. The van der Waals surface area contributed by atoms with Crippen LogP contribution in [0.2, 0.25) is 0 Å². The van der Waals surface area contributed by atoms with Crippen molar-refractivity contribution >= 4 is 5.91 Å². The average molecular weight is 393 g/mol. The van der Waals surface area contributed by atoms with Gasteiger partial charge in [-0.2, -0.15) is 8.78 Å². The smallest absolute Gasteiger partial charge is 0.387 e. The molecule has 0 aromatic heterocycles. The topological polar surface area (TPSA) is 64.2 Å². The minimum atomic E-state index is -2.92. The summed E-state index contributed by atoms with van der Waals surface area (Å²) in [5.41, 5.74) is 1.92. The zero-order chi connectivity index (χ0) is 20.5. The van der Waals surface area contributed by atoms with Gasteiger partial charge >= 0.3 is 6.61 Å². The van der Waals surface area contributed by atoms with Crippen molar-refractivity contribution in [2.75, 3.05) is 13.7 Å². The Kier molecular flexibility index (Phi) is 8.19. The number of quaternary nitrogens is 1. The van der Waals surface area contributed by atoms with Gasteiger partial charge in [-0.1, -0.05) is 50.2 Å². The minimum Gasteiger partial charge on any atom is -0.493 e. The van der Waals surface area contributed by atoms with E-state index in [1.54, 1.807) is 12.1 Å². The fraction of sp³-hybridized carbons (Fsp3) is 0.381. The van der Waals surface area contributed by atoms with Gasteiger partial charge in [0.2, 0.25) is 0 Å². The van der Waals surface area contributed by atoms with Crippen LogP contribution in [0.25, 0.3) is 0 Å². The highest BCUT2D eigenvalue weighted by Crippen LogP contribution is 2.29. The fourth-order valence-electron chi connectivity index (χ4n) is 2.99. The van der Waals surface area contributed by atoms with Crippen LogP contribution in [0.4, 0.5) is 8.78 Å². The molecular formula is C21H27F2N2O3+. The Hall–Kier alpha value is -2.67. The molecule has 2 aromatic rings. The normalized spacial score (nSPS) is 12.1. The van der Waals surface area contributed by atoms with Gasteiger partial charge in [0.05, 0.1) is 7.11 Å². The van der Waals surface area contributed by atoms with E-state index in [2.05, 4.69) is 36.0 Å². The number of amides is 1. The zero-order valence-electron chi connectivity index (χ0n) is 16.3. The third-order valence-corrected chi connectivity index (χ3v) is 4.39. The highest BCUT2D eigenvalue weighted by Gasteiger charge is 2.20. The van der Waals surface area contributed by atoms with Crippen LogP contribution < -0.4 is 20.1 Å². The SMILES string of the molecule is COc1cc(CNC(=O)C[NH2+][C@@H](c2ccccc2)C(C)C)ccc1OC(F)F. The molecule has 152 valence electrons. The van der Waals surface area contributed by atoms with Crippen molar-refractivity contribution in [1.29, 1.82) is 0 Å². The van der Waals surface area contributed by atoms with Crippen LogP contribution in [0, 0.1) is 5.92 Å². The molecule has 2 aromatic carbocycles. The Labute approximate surface area is 164 Å². The molecule has 0 unspecified atom stereocenters. The monoisotopic (exact) mass is 393 g/mol. The maximum atomic E-state index is 12.4. The lowest BCUT2D eigenvalue weighted by Crippen LogP contribution is -2.88. The largest absolute Gasteiger partial charge is 0.493 e. The van der Waals surface area contributed by atoms with E-state index in [1.807, 2.05) is 23.5 Å². The van der Waals surface area contributed by atoms with Gasteiger partial charge in [-0.15, -0.1) is 0 Å². The van der Waals surface area contributed by atoms with E-state index < -0.39 is 6.61 Å². The number of nitrogens with two attached hydrogens (primary N) is 1. The Morgan fingerprint density at radius 3 is 2.43 bits per heavy atom. The average Bonchev–Trinajstić information content (AvgIpc) is 2.67. The predicted molar refractivity (Wildman–Crippen MR) is 102 cm³/mol. The Bertz CT molecular complexity index is 755. The van der Waals surface area contributed by atoms with Gasteiger partial charge < -0.3 is 20.1 Å². The molecule has 0 saturated heterocycles. The van der Waals surface area contributed by atoms with Gasteiger partial charge in [0.25, 0.3) is 5.91 Å². The number of nitrogens with one attached hydrogen (secondary N) is 1. The molecule has 0 bridgehead atoms. The first kappa shape index (κ1) is 21.6. The Morgan fingerprint density at radius 1 is 1.11 bits per heavy atom. The molecule has 3 N–H and O–H groups in total. The van der Waals surface area contributed by atoms with Crippen LogP contribution >= 0.6 is 0 Å². The summed E-state index contributed by atoms with van der Waals surface area (Å²) in [7, 11) is 1.38. The number of halogens is 2. The van der Waals surface area contributed by atoms with Crippen LogP contribution in [0.1, 0.15) is 31.0 Å². The van der Waals surface area contributed by atoms with E-state index in [9.17, 15) is 13.6 Å². The molecule has 1 atom stereocenters. The number of carbonyl (C=O) groups is 1. The molecule has 0 heterocycles. The summed E-state index contributed by atoms with van der Waals surface area (Å²) < 4.78 is 34.2. The molecule has 2 rings (SSSR count). The van der Waals surface area contributed by atoms with Crippen molar-refractivity contribution in [3.05, 3.63) is 59.7 Å². The van der Waals surface area contributed by atoms with Gasteiger partial charge in [-0.05, 0) is 17.7 Å². The van der Waals surface area contributed by atoms with E-state index in [4.69, 9.17) is 4.74 Å². The van der Waals surface area contributed by atoms with E-state index in [-0.39, 0.29) is 30.0 Å². The van der Waals surface area contributed by atoms with Gasteiger partial charge in [0, 0.05) is 18.0 Å². The van der Waals surface area contributed by atoms with E-state index in [0.717, 1.165) is 5.56 Å². The molecule has 7 heteroatoms. The van der Waals surface area contributed by atoms with Crippen molar-refractivity contribution in [3.63, 3.8) is 0 Å². The molecule has 0 aliphatic rings. The Balaban J connectivity index is 1.89. The molecule has 28 heavy (non-hydrogen) atoms. The number of hydrogen-bond acceptors (Lipinski definition) is 3. The second-order valence-electron chi connectivity index (χ2n) is 6.76. The maximum Gasteiger partial charge on any atom is 0.387 e. The second kappa shape index (κ2) is 10.6. The number of rotatable bonds is 10.